The molecule has 31 heavy (non-hydrogen) atoms. The third-order valence-corrected chi connectivity index (χ3v) is 5.40. The second-order valence-corrected chi connectivity index (χ2v) is 7.73. The molecule has 2 aromatic heterocycles. The lowest BCUT2D eigenvalue weighted by Crippen LogP contribution is -2.27. The summed E-state index contributed by atoms with van der Waals surface area (Å²) in [5.74, 6) is -0.449. The first kappa shape index (κ1) is 20.6. The summed E-state index contributed by atoms with van der Waals surface area (Å²) in [6.07, 6.45) is 3.05. The molecule has 0 fully saturated rings. The number of nitrogens with two attached hydrogens (primary N) is 1. The van der Waals surface area contributed by atoms with E-state index in [0.29, 0.717) is 17.2 Å². The largest absolute Gasteiger partial charge is 0.463 e. The van der Waals surface area contributed by atoms with Crippen molar-refractivity contribution in [3.8, 4) is 11.4 Å². The van der Waals surface area contributed by atoms with Crippen LogP contribution in [-0.2, 0) is 9.53 Å². The van der Waals surface area contributed by atoms with Gasteiger partial charge in [0.2, 0.25) is 5.76 Å². The number of benzene rings is 1. The zero-order valence-corrected chi connectivity index (χ0v) is 18.0. The highest BCUT2D eigenvalue weighted by Crippen LogP contribution is 2.34. The molecule has 9 nitrogen and oxygen atoms in total. The van der Waals surface area contributed by atoms with Gasteiger partial charge in [-0.2, -0.15) is 4.98 Å². The summed E-state index contributed by atoms with van der Waals surface area (Å²) in [5, 5.41) is 4.44. The van der Waals surface area contributed by atoms with Gasteiger partial charge in [0.15, 0.2) is 12.1 Å². The molecule has 0 spiro atoms. The normalized spacial score (nSPS) is 16.4. The van der Waals surface area contributed by atoms with Gasteiger partial charge in [0.1, 0.15) is 5.82 Å². The average Bonchev–Trinajstić information content (AvgIpc) is 3.27. The number of anilines is 2. The highest BCUT2D eigenvalue weighted by Gasteiger charge is 2.32. The van der Waals surface area contributed by atoms with Crippen LogP contribution in [0.5, 0.6) is 0 Å². The van der Waals surface area contributed by atoms with Crippen molar-refractivity contribution in [1.82, 2.24) is 19.6 Å². The van der Waals surface area contributed by atoms with Gasteiger partial charge in [0.05, 0.1) is 29.3 Å². The Hall–Kier alpha value is -3.69. The molecule has 1 amide bonds. The number of hydrogen-bond donors (Lipinski definition) is 1. The lowest BCUT2D eigenvalue weighted by Gasteiger charge is -2.24. The van der Waals surface area contributed by atoms with Crippen molar-refractivity contribution in [2.24, 2.45) is 5.73 Å². The van der Waals surface area contributed by atoms with Crippen molar-refractivity contribution in [3.05, 3.63) is 47.9 Å². The molecule has 0 saturated heterocycles. The van der Waals surface area contributed by atoms with Gasteiger partial charge in [0.25, 0.3) is 11.7 Å². The lowest BCUT2D eigenvalue weighted by molar-refractivity contribution is -0.118. The zero-order chi connectivity index (χ0) is 22.4. The third-order valence-electron chi connectivity index (χ3n) is 5.40. The van der Waals surface area contributed by atoms with E-state index in [9.17, 15) is 9.18 Å². The molecule has 3 heterocycles. The maximum absolute atomic E-state index is 14.7. The number of ether oxygens (including phenoxy) is 1. The van der Waals surface area contributed by atoms with Crippen LogP contribution in [0.15, 0.2) is 42.0 Å². The third kappa shape index (κ3) is 3.54. The molecule has 1 aromatic carbocycles. The first-order valence-electron chi connectivity index (χ1n) is 9.89. The van der Waals surface area contributed by atoms with Crippen LogP contribution in [0.3, 0.4) is 0 Å². The minimum atomic E-state index is -0.649. The standard InChI is InChI=1S/C21H24FN7O2/c1-11(2)27(5)15-9-24-21-25-20(26-28(21)10-15)16-8-14(6-7-17(16)22)29-12(3)18(19(23)30)31-13(29)4/h6-11,13H,1-5H3,(H2,23,30). The predicted octanol–water partition coefficient (Wildman–Crippen LogP) is 2.67. The molecule has 4 rings (SSSR count). The van der Waals surface area contributed by atoms with Crippen molar-refractivity contribution >= 4 is 23.1 Å². The summed E-state index contributed by atoms with van der Waals surface area (Å²) in [5.41, 5.74) is 7.67. The Morgan fingerprint density at radius 1 is 1.35 bits per heavy atom. The number of aromatic nitrogens is 4. The number of fused-ring (bicyclic) bond motifs is 1. The molecule has 0 saturated carbocycles. The summed E-state index contributed by atoms with van der Waals surface area (Å²) in [4.78, 5) is 24.2. The monoisotopic (exact) mass is 425 g/mol. The van der Waals surface area contributed by atoms with Gasteiger partial charge in [-0.15, -0.1) is 5.10 Å². The van der Waals surface area contributed by atoms with E-state index >= 15 is 0 Å². The quantitative estimate of drug-likeness (QED) is 0.670. The van der Waals surface area contributed by atoms with Gasteiger partial charge < -0.3 is 20.3 Å². The number of amides is 1. The summed E-state index contributed by atoms with van der Waals surface area (Å²) < 4.78 is 21.8. The van der Waals surface area contributed by atoms with Gasteiger partial charge in [-0.25, -0.2) is 13.9 Å². The SMILES string of the molecule is CC1=C(C(N)=O)OC(C)N1c1ccc(F)c(-c2nc3ncc(N(C)C(C)C)cn3n2)c1. The van der Waals surface area contributed by atoms with Gasteiger partial charge in [-0.05, 0) is 45.9 Å². The van der Waals surface area contributed by atoms with Crippen LogP contribution in [0, 0.1) is 5.82 Å². The Morgan fingerprint density at radius 2 is 2.10 bits per heavy atom. The van der Waals surface area contributed by atoms with Gasteiger partial charge >= 0.3 is 0 Å². The summed E-state index contributed by atoms with van der Waals surface area (Å²) in [7, 11) is 1.96. The van der Waals surface area contributed by atoms with E-state index in [1.54, 1.807) is 37.1 Å². The molecule has 2 N–H and O–H groups in total. The Balaban J connectivity index is 1.75. The van der Waals surface area contributed by atoms with Crippen molar-refractivity contribution in [1.29, 1.82) is 0 Å². The number of nitrogens with zero attached hydrogens (tertiary/aromatic N) is 6. The Bertz CT molecular complexity index is 1200. The Kier molecular flexibility index (Phi) is 5.00. The summed E-state index contributed by atoms with van der Waals surface area (Å²) in [6.45, 7) is 7.65. The second kappa shape index (κ2) is 7.53. The minimum absolute atomic E-state index is 0.0928. The fraction of sp³-hybridized carbons (Fsp3) is 0.333. The van der Waals surface area contributed by atoms with E-state index < -0.39 is 18.0 Å². The van der Waals surface area contributed by atoms with Gasteiger partial charge in [0, 0.05) is 18.8 Å². The van der Waals surface area contributed by atoms with Crippen molar-refractivity contribution in [2.45, 2.75) is 40.0 Å². The van der Waals surface area contributed by atoms with Crippen LogP contribution < -0.4 is 15.5 Å². The molecular formula is C21H24FN7O2. The Morgan fingerprint density at radius 3 is 2.74 bits per heavy atom. The minimum Gasteiger partial charge on any atom is -0.463 e. The molecule has 1 atom stereocenters. The highest BCUT2D eigenvalue weighted by molar-refractivity contribution is 5.92. The van der Waals surface area contributed by atoms with Crippen LogP contribution in [0.4, 0.5) is 15.8 Å². The number of halogens is 1. The van der Waals surface area contributed by atoms with E-state index in [0.717, 1.165) is 5.69 Å². The molecule has 0 bridgehead atoms. The first-order chi connectivity index (χ1) is 14.7. The smallest absolute Gasteiger partial charge is 0.285 e. The van der Waals surface area contributed by atoms with Gasteiger partial charge in [-0.3, -0.25) is 4.79 Å². The first-order valence-corrected chi connectivity index (χ1v) is 9.89. The number of allylic oxidation sites excluding steroid dienone is 1. The maximum atomic E-state index is 14.7. The fourth-order valence-corrected chi connectivity index (χ4v) is 3.53. The zero-order valence-electron chi connectivity index (χ0n) is 18.0. The maximum Gasteiger partial charge on any atom is 0.285 e. The number of rotatable bonds is 5. The molecule has 1 unspecified atom stereocenters. The fourth-order valence-electron chi connectivity index (χ4n) is 3.53. The van der Waals surface area contributed by atoms with Crippen molar-refractivity contribution < 1.29 is 13.9 Å². The Labute approximate surface area is 178 Å². The summed E-state index contributed by atoms with van der Waals surface area (Å²) >= 11 is 0. The molecule has 1 aliphatic heterocycles. The lowest BCUT2D eigenvalue weighted by atomic mass is 10.1. The van der Waals surface area contributed by atoms with E-state index in [-0.39, 0.29) is 23.2 Å². The van der Waals surface area contributed by atoms with E-state index in [4.69, 9.17) is 10.5 Å². The molecule has 1 aliphatic rings. The van der Waals surface area contributed by atoms with Crippen LogP contribution >= 0.6 is 0 Å². The van der Waals surface area contributed by atoms with Crippen molar-refractivity contribution in [3.63, 3.8) is 0 Å². The van der Waals surface area contributed by atoms with Crippen molar-refractivity contribution in [2.75, 3.05) is 16.8 Å². The molecule has 10 heteroatoms. The molecule has 0 aliphatic carbocycles. The topological polar surface area (TPSA) is 102 Å². The second-order valence-electron chi connectivity index (χ2n) is 7.73. The number of primary amides is 1. The van der Waals surface area contributed by atoms with Gasteiger partial charge in [-0.1, -0.05) is 0 Å². The number of hydrogen-bond acceptors (Lipinski definition) is 7. The predicted molar refractivity (Wildman–Crippen MR) is 115 cm³/mol. The van der Waals surface area contributed by atoms with Crippen LogP contribution in [0.25, 0.3) is 17.2 Å². The van der Waals surface area contributed by atoms with E-state index in [1.807, 2.05) is 13.2 Å². The average molecular weight is 425 g/mol. The number of carbonyl (C=O) groups excluding carboxylic acids is 1. The molecule has 162 valence electrons. The van der Waals surface area contributed by atoms with E-state index in [2.05, 4.69) is 33.8 Å². The summed E-state index contributed by atoms with van der Waals surface area (Å²) in [6, 6.07) is 4.85. The van der Waals surface area contributed by atoms with Crippen LogP contribution in [-0.4, -0.2) is 44.8 Å². The highest BCUT2D eigenvalue weighted by atomic mass is 19.1. The van der Waals surface area contributed by atoms with E-state index in [1.165, 1.54) is 10.6 Å². The van der Waals surface area contributed by atoms with Crippen LogP contribution in [0.1, 0.15) is 27.7 Å². The van der Waals surface area contributed by atoms with Crippen LogP contribution in [0.2, 0.25) is 0 Å². The number of carbonyl (C=O) groups is 1. The molecule has 3 aromatic rings. The molecule has 0 radical (unpaired) electrons. The molecular weight excluding hydrogens is 401 g/mol.